The summed E-state index contributed by atoms with van der Waals surface area (Å²) in [6.45, 7) is 0.577. The summed E-state index contributed by atoms with van der Waals surface area (Å²) in [7, 11) is 0. The molecule has 6 heteroatoms. The fourth-order valence-corrected chi connectivity index (χ4v) is 3.45. The van der Waals surface area contributed by atoms with Crippen LogP contribution >= 0.6 is 23.5 Å². The lowest BCUT2D eigenvalue weighted by atomic mass is 10.2. The van der Waals surface area contributed by atoms with E-state index < -0.39 is 5.91 Å². The summed E-state index contributed by atoms with van der Waals surface area (Å²) in [5.41, 5.74) is 5.73. The minimum absolute atomic E-state index is 0.133. The Bertz CT molecular complexity index is 663. The number of amides is 2. The Morgan fingerprint density at radius 1 is 0.957 bits per heavy atom. The van der Waals surface area contributed by atoms with Crippen molar-refractivity contribution in [3.8, 4) is 0 Å². The van der Waals surface area contributed by atoms with Gasteiger partial charge in [-0.25, -0.2) is 0 Å². The van der Waals surface area contributed by atoms with Gasteiger partial charge in [-0.3, -0.25) is 9.59 Å². The van der Waals surface area contributed by atoms with Crippen LogP contribution < -0.4 is 11.1 Å². The fourth-order valence-electron chi connectivity index (χ4n) is 1.87. The van der Waals surface area contributed by atoms with Crippen molar-refractivity contribution in [3.05, 3.63) is 60.2 Å². The summed E-state index contributed by atoms with van der Waals surface area (Å²) >= 11 is 2.97. The molecule has 0 heterocycles. The number of benzene rings is 2. The van der Waals surface area contributed by atoms with Crippen LogP contribution in [0.3, 0.4) is 0 Å². The molecule has 0 unspecified atom stereocenters. The van der Waals surface area contributed by atoms with Gasteiger partial charge >= 0.3 is 0 Å². The van der Waals surface area contributed by atoms with E-state index >= 15 is 0 Å². The highest BCUT2D eigenvalue weighted by Gasteiger charge is 2.11. The molecular formula is C17H18N2O2S2. The van der Waals surface area contributed by atoms with E-state index in [2.05, 4.69) is 5.32 Å². The minimum Gasteiger partial charge on any atom is -0.369 e. The summed E-state index contributed by atoms with van der Waals surface area (Å²) in [4.78, 5) is 25.1. The number of primary amides is 1. The van der Waals surface area contributed by atoms with Gasteiger partial charge in [0.25, 0.3) is 5.91 Å². The highest BCUT2D eigenvalue weighted by atomic mass is 32.2. The Morgan fingerprint density at radius 3 is 2.39 bits per heavy atom. The van der Waals surface area contributed by atoms with Gasteiger partial charge in [-0.15, -0.1) is 23.5 Å². The lowest BCUT2D eigenvalue weighted by molar-refractivity contribution is -0.115. The van der Waals surface area contributed by atoms with Crippen molar-refractivity contribution in [2.45, 2.75) is 9.79 Å². The van der Waals surface area contributed by atoms with Crippen LogP contribution in [0.4, 0.5) is 0 Å². The standard InChI is InChI=1S/C17H18N2O2S2/c18-16(20)12-23-15-9-5-4-8-14(15)17(21)19-10-11-22-13-6-2-1-3-7-13/h1-9H,10-12H2,(H2,18,20)(H,19,21). The van der Waals surface area contributed by atoms with Crippen LogP contribution in [0.2, 0.25) is 0 Å². The maximum Gasteiger partial charge on any atom is 0.252 e. The van der Waals surface area contributed by atoms with Crippen molar-refractivity contribution in [1.29, 1.82) is 0 Å². The Hall–Kier alpha value is -1.92. The first-order valence-electron chi connectivity index (χ1n) is 7.13. The molecule has 0 radical (unpaired) electrons. The molecular weight excluding hydrogens is 328 g/mol. The number of hydrogen-bond donors (Lipinski definition) is 2. The average molecular weight is 346 g/mol. The summed E-state index contributed by atoms with van der Waals surface area (Å²) in [6.07, 6.45) is 0. The summed E-state index contributed by atoms with van der Waals surface area (Å²) < 4.78 is 0. The molecule has 120 valence electrons. The van der Waals surface area contributed by atoms with Gasteiger partial charge in [-0.05, 0) is 24.3 Å². The second-order valence-electron chi connectivity index (χ2n) is 4.67. The van der Waals surface area contributed by atoms with Crippen LogP contribution in [0, 0.1) is 0 Å². The maximum atomic E-state index is 12.3. The molecule has 0 saturated heterocycles. The van der Waals surface area contributed by atoms with E-state index in [1.807, 2.05) is 48.5 Å². The number of thioether (sulfide) groups is 2. The van der Waals surface area contributed by atoms with Crippen molar-refractivity contribution in [2.75, 3.05) is 18.1 Å². The van der Waals surface area contributed by atoms with Crippen molar-refractivity contribution in [3.63, 3.8) is 0 Å². The third-order valence-corrected chi connectivity index (χ3v) is 5.01. The molecule has 2 amide bonds. The number of nitrogens with two attached hydrogens (primary N) is 1. The topological polar surface area (TPSA) is 72.2 Å². The van der Waals surface area contributed by atoms with E-state index in [0.29, 0.717) is 12.1 Å². The summed E-state index contributed by atoms with van der Waals surface area (Å²) in [5, 5.41) is 2.91. The molecule has 0 aliphatic rings. The van der Waals surface area contributed by atoms with Crippen LogP contribution in [-0.2, 0) is 4.79 Å². The number of rotatable bonds is 8. The van der Waals surface area contributed by atoms with E-state index in [-0.39, 0.29) is 11.7 Å². The van der Waals surface area contributed by atoms with Crippen LogP contribution in [0.15, 0.2) is 64.4 Å². The second kappa shape index (κ2) is 9.27. The molecule has 4 nitrogen and oxygen atoms in total. The number of carbonyl (C=O) groups is 2. The van der Waals surface area contributed by atoms with Crippen LogP contribution in [0.25, 0.3) is 0 Å². The molecule has 0 aromatic heterocycles. The molecule has 2 rings (SSSR count). The molecule has 23 heavy (non-hydrogen) atoms. The van der Waals surface area contributed by atoms with Gasteiger partial charge in [0.05, 0.1) is 11.3 Å². The normalized spacial score (nSPS) is 10.3. The molecule has 0 saturated carbocycles. The average Bonchev–Trinajstić information content (AvgIpc) is 2.58. The SMILES string of the molecule is NC(=O)CSc1ccccc1C(=O)NCCSc1ccccc1. The number of hydrogen-bond acceptors (Lipinski definition) is 4. The molecule has 0 bridgehead atoms. The zero-order chi connectivity index (χ0) is 16.5. The van der Waals surface area contributed by atoms with Crippen LogP contribution in [0.5, 0.6) is 0 Å². The van der Waals surface area contributed by atoms with Gasteiger partial charge in [0, 0.05) is 22.1 Å². The number of nitrogens with one attached hydrogen (secondary N) is 1. The maximum absolute atomic E-state index is 12.3. The second-order valence-corrected chi connectivity index (χ2v) is 6.85. The smallest absolute Gasteiger partial charge is 0.252 e. The summed E-state index contributed by atoms with van der Waals surface area (Å²) in [5.74, 6) is 0.427. The van der Waals surface area contributed by atoms with Gasteiger partial charge in [0.2, 0.25) is 5.91 Å². The number of carbonyl (C=O) groups excluding carboxylic acids is 2. The molecule has 0 atom stereocenters. The Kier molecular flexibility index (Phi) is 7.03. The predicted octanol–water partition coefficient (Wildman–Crippen LogP) is 2.79. The monoisotopic (exact) mass is 346 g/mol. The minimum atomic E-state index is -0.399. The van der Waals surface area contributed by atoms with E-state index in [9.17, 15) is 9.59 Å². The third-order valence-electron chi connectivity index (χ3n) is 2.90. The van der Waals surface area contributed by atoms with Gasteiger partial charge < -0.3 is 11.1 Å². The van der Waals surface area contributed by atoms with E-state index in [1.165, 1.54) is 16.7 Å². The quantitative estimate of drug-likeness (QED) is 0.569. The van der Waals surface area contributed by atoms with Gasteiger partial charge in [-0.1, -0.05) is 30.3 Å². The van der Waals surface area contributed by atoms with Gasteiger partial charge in [-0.2, -0.15) is 0 Å². The predicted molar refractivity (Wildman–Crippen MR) is 95.9 cm³/mol. The molecule has 0 aliphatic carbocycles. The van der Waals surface area contributed by atoms with E-state index in [0.717, 1.165) is 10.6 Å². The zero-order valence-electron chi connectivity index (χ0n) is 12.5. The lowest BCUT2D eigenvalue weighted by Crippen LogP contribution is -2.26. The van der Waals surface area contributed by atoms with Crippen LogP contribution in [-0.4, -0.2) is 29.9 Å². The van der Waals surface area contributed by atoms with Gasteiger partial charge in [0.1, 0.15) is 0 Å². The highest BCUT2D eigenvalue weighted by Crippen LogP contribution is 2.22. The van der Waals surface area contributed by atoms with Crippen molar-refractivity contribution < 1.29 is 9.59 Å². The summed E-state index contributed by atoms with van der Waals surface area (Å²) in [6, 6.07) is 17.3. The first-order valence-corrected chi connectivity index (χ1v) is 9.10. The van der Waals surface area contributed by atoms with Crippen LogP contribution in [0.1, 0.15) is 10.4 Å². The first-order chi connectivity index (χ1) is 11.2. The van der Waals surface area contributed by atoms with E-state index in [1.54, 1.807) is 17.8 Å². The van der Waals surface area contributed by atoms with Crippen molar-refractivity contribution in [1.82, 2.24) is 5.32 Å². The highest BCUT2D eigenvalue weighted by molar-refractivity contribution is 8.00. The van der Waals surface area contributed by atoms with Crippen molar-refractivity contribution >= 4 is 35.3 Å². The molecule has 0 aliphatic heterocycles. The largest absolute Gasteiger partial charge is 0.369 e. The molecule has 2 aromatic carbocycles. The Morgan fingerprint density at radius 2 is 1.65 bits per heavy atom. The molecule has 3 N–H and O–H groups in total. The van der Waals surface area contributed by atoms with E-state index in [4.69, 9.17) is 5.73 Å². The molecule has 0 spiro atoms. The first kappa shape index (κ1) is 17.4. The lowest BCUT2D eigenvalue weighted by Gasteiger charge is -2.09. The molecule has 2 aromatic rings. The Balaban J connectivity index is 1.84. The molecule has 0 fully saturated rings. The Labute approximate surface area is 144 Å². The van der Waals surface area contributed by atoms with Crippen molar-refractivity contribution in [2.24, 2.45) is 5.73 Å². The third kappa shape index (κ3) is 6.00. The zero-order valence-corrected chi connectivity index (χ0v) is 14.2. The van der Waals surface area contributed by atoms with Gasteiger partial charge in [0.15, 0.2) is 0 Å². The fraction of sp³-hybridized carbons (Fsp3) is 0.176.